The largest absolute Gasteiger partial charge is 0.370 e. The van der Waals surface area contributed by atoms with Crippen LogP contribution < -0.4 is 10.2 Å². The first-order valence-electron chi connectivity index (χ1n) is 8.45. The number of H-pyrrole nitrogens is 1. The lowest BCUT2D eigenvalue weighted by molar-refractivity contribution is 0.550. The molecule has 3 aromatic rings. The third-order valence-electron chi connectivity index (χ3n) is 4.60. The zero-order valence-electron chi connectivity index (χ0n) is 13.5. The molecule has 2 N–H and O–H groups in total. The molecule has 2 heterocycles. The lowest BCUT2D eigenvalue weighted by atomic mass is 10.2. The molecule has 1 aromatic heterocycles. The molecular formula is C19H21ClN4. The van der Waals surface area contributed by atoms with E-state index in [1.807, 2.05) is 18.2 Å². The Balaban J connectivity index is 1.29. The zero-order chi connectivity index (χ0) is 16.4. The molecule has 24 heavy (non-hydrogen) atoms. The van der Waals surface area contributed by atoms with Crippen molar-refractivity contribution in [2.45, 2.75) is 18.9 Å². The average molecular weight is 341 g/mol. The summed E-state index contributed by atoms with van der Waals surface area (Å²) in [6.07, 6.45) is 2.08. The Morgan fingerprint density at radius 1 is 1.21 bits per heavy atom. The molecule has 5 heteroatoms. The van der Waals surface area contributed by atoms with Crippen LogP contribution in [0.1, 0.15) is 12.2 Å². The summed E-state index contributed by atoms with van der Waals surface area (Å²) in [7, 11) is 0. The highest BCUT2D eigenvalue weighted by molar-refractivity contribution is 6.31. The van der Waals surface area contributed by atoms with Crippen molar-refractivity contribution < 1.29 is 0 Å². The molecule has 1 saturated heterocycles. The predicted molar refractivity (Wildman–Crippen MR) is 99.9 cm³/mol. The first-order valence-corrected chi connectivity index (χ1v) is 8.83. The molecule has 1 aliphatic rings. The summed E-state index contributed by atoms with van der Waals surface area (Å²) in [5.74, 6) is 1.01. The molecule has 1 aliphatic heterocycles. The van der Waals surface area contributed by atoms with Gasteiger partial charge in [0.15, 0.2) is 0 Å². The molecule has 0 saturated carbocycles. The second-order valence-corrected chi connectivity index (χ2v) is 6.75. The molecule has 0 spiro atoms. The fourth-order valence-electron chi connectivity index (χ4n) is 3.35. The van der Waals surface area contributed by atoms with Crippen LogP contribution >= 0.6 is 11.6 Å². The van der Waals surface area contributed by atoms with Crippen LogP contribution in [0, 0.1) is 0 Å². The van der Waals surface area contributed by atoms with Gasteiger partial charge < -0.3 is 15.2 Å². The minimum atomic E-state index is 0.545. The van der Waals surface area contributed by atoms with E-state index in [1.165, 1.54) is 12.1 Å². The van der Waals surface area contributed by atoms with Crippen molar-refractivity contribution in [3.63, 3.8) is 0 Å². The number of hydrogen-bond donors (Lipinski definition) is 2. The van der Waals surface area contributed by atoms with E-state index in [9.17, 15) is 0 Å². The van der Waals surface area contributed by atoms with Crippen LogP contribution in [0.4, 0.5) is 5.69 Å². The molecule has 0 radical (unpaired) electrons. The van der Waals surface area contributed by atoms with Crippen LogP contribution in [0.25, 0.3) is 11.0 Å². The van der Waals surface area contributed by atoms with E-state index in [0.29, 0.717) is 6.04 Å². The van der Waals surface area contributed by atoms with Gasteiger partial charge >= 0.3 is 0 Å². The highest BCUT2D eigenvalue weighted by Crippen LogP contribution is 2.20. The summed E-state index contributed by atoms with van der Waals surface area (Å²) in [5, 5.41) is 4.40. The number of nitrogens with one attached hydrogen (secondary N) is 2. The smallest absolute Gasteiger partial charge is 0.108 e. The SMILES string of the molecule is Clc1ccc2nc(CCNC3CCN(c4ccccc4)C3)[nH]c2c1. The Kier molecular flexibility index (Phi) is 4.41. The number of nitrogens with zero attached hydrogens (tertiary/aromatic N) is 2. The van der Waals surface area contributed by atoms with Gasteiger partial charge in [-0.25, -0.2) is 4.98 Å². The number of fused-ring (bicyclic) bond motifs is 1. The number of aromatic nitrogens is 2. The maximum atomic E-state index is 6.02. The van der Waals surface area contributed by atoms with Gasteiger partial charge in [-0.05, 0) is 36.8 Å². The van der Waals surface area contributed by atoms with Crippen molar-refractivity contribution in [3.05, 3.63) is 59.4 Å². The van der Waals surface area contributed by atoms with Crippen LogP contribution in [-0.2, 0) is 6.42 Å². The maximum absolute atomic E-state index is 6.02. The standard InChI is InChI=1S/C19H21ClN4/c20-14-6-7-17-18(12-14)23-19(22-17)8-10-21-15-9-11-24(13-15)16-4-2-1-3-5-16/h1-7,12,15,21H,8-11,13H2,(H,22,23). The van der Waals surface area contributed by atoms with E-state index < -0.39 is 0 Å². The summed E-state index contributed by atoms with van der Waals surface area (Å²) in [6.45, 7) is 3.12. The van der Waals surface area contributed by atoms with Gasteiger partial charge in [-0.3, -0.25) is 0 Å². The molecule has 4 rings (SSSR count). The molecule has 4 nitrogen and oxygen atoms in total. The van der Waals surface area contributed by atoms with Gasteiger partial charge in [0.1, 0.15) is 5.82 Å². The number of aromatic amines is 1. The Morgan fingerprint density at radius 3 is 2.96 bits per heavy atom. The second kappa shape index (κ2) is 6.83. The van der Waals surface area contributed by atoms with Gasteiger partial charge in [-0.2, -0.15) is 0 Å². The molecule has 1 fully saturated rings. The van der Waals surface area contributed by atoms with E-state index in [4.69, 9.17) is 11.6 Å². The minimum Gasteiger partial charge on any atom is -0.370 e. The van der Waals surface area contributed by atoms with Gasteiger partial charge in [0, 0.05) is 42.8 Å². The number of hydrogen-bond acceptors (Lipinski definition) is 3. The molecule has 1 atom stereocenters. The molecule has 0 amide bonds. The summed E-state index contributed by atoms with van der Waals surface area (Å²) >= 11 is 6.02. The third-order valence-corrected chi connectivity index (χ3v) is 4.83. The van der Waals surface area contributed by atoms with Crippen molar-refractivity contribution in [2.75, 3.05) is 24.5 Å². The number of rotatable bonds is 5. The van der Waals surface area contributed by atoms with Crippen LogP contribution in [0.3, 0.4) is 0 Å². The summed E-state index contributed by atoms with van der Waals surface area (Å²) < 4.78 is 0. The average Bonchev–Trinajstić information content (AvgIpc) is 3.22. The van der Waals surface area contributed by atoms with E-state index in [-0.39, 0.29) is 0 Å². The third kappa shape index (κ3) is 3.40. The number of para-hydroxylation sites is 1. The highest BCUT2D eigenvalue weighted by Gasteiger charge is 2.21. The van der Waals surface area contributed by atoms with Crippen molar-refractivity contribution in [2.24, 2.45) is 0 Å². The van der Waals surface area contributed by atoms with Crippen molar-refractivity contribution in [3.8, 4) is 0 Å². The van der Waals surface area contributed by atoms with E-state index in [2.05, 4.69) is 50.5 Å². The van der Waals surface area contributed by atoms with Crippen LogP contribution in [0.15, 0.2) is 48.5 Å². The normalized spacial score (nSPS) is 17.7. The Morgan fingerprint density at radius 2 is 2.08 bits per heavy atom. The highest BCUT2D eigenvalue weighted by atomic mass is 35.5. The van der Waals surface area contributed by atoms with Crippen molar-refractivity contribution in [1.82, 2.24) is 15.3 Å². The Labute approximate surface area is 146 Å². The number of halogens is 1. The summed E-state index contributed by atoms with van der Waals surface area (Å²) in [4.78, 5) is 10.4. The number of anilines is 1. The molecular weight excluding hydrogens is 320 g/mol. The van der Waals surface area contributed by atoms with Gasteiger partial charge in [0.2, 0.25) is 0 Å². The fraction of sp³-hybridized carbons (Fsp3) is 0.316. The van der Waals surface area contributed by atoms with Gasteiger partial charge in [-0.15, -0.1) is 0 Å². The lowest BCUT2D eigenvalue weighted by Crippen LogP contribution is -2.34. The number of benzene rings is 2. The van der Waals surface area contributed by atoms with Crippen molar-refractivity contribution >= 4 is 28.3 Å². The van der Waals surface area contributed by atoms with Gasteiger partial charge in [-0.1, -0.05) is 29.8 Å². The monoisotopic (exact) mass is 340 g/mol. The van der Waals surface area contributed by atoms with E-state index >= 15 is 0 Å². The second-order valence-electron chi connectivity index (χ2n) is 6.32. The molecule has 0 bridgehead atoms. The van der Waals surface area contributed by atoms with E-state index in [1.54, 1.807) is 0 Å². The summed E-state index contributed by atoms with van der Waals surface area (Å²) in [5.41, 5.74) is 3.30. The lowest BCUT2D eigenvalue weighted by Gasteiger charge is -2.18. The van der Waals surface area contributed by atoms with Gasteiger partial charge in [0.25, 0.3) is 0 Å². The van der Waals surface area contributed by atoms with Crippen LogP contribution in [0.5, 0.6) is 0 Å². The van der Waals surface area contributed by atoms with Crippen LogP contribution in [-0.4, -0.2) is 35.6 Å². The molecule has 2 aromatic carbocycles. The molecule has 124 valence electrons. The minimum absolute atomic E-state index is 0.545. The van der Waals surface area contributed by atoms with Gasteiger partial charge in [0.05, 0.1) is 11.0 Å². The first kappa shape index (κ1) is 15.5. The predicted octanol–water partition coefficient (Wildman–Crippen LogP) is 3.63. The van der Waals surface area contributed by atoms with Crippen LogP contribution in [0.2, 0.25) is 5.02 Å². The Hall–Kier alpha value is -2.04. The Bertz CT molecular complexity index is 815. The van der Waals surface area contributed by atoms with Crippen molar-refractivity contribution in [1.29, 1.82) is 0 Å². The topological polar surface area (TPSA) is 44.0 Å². The maximum Gasteiger partial charge on any atom is 0.108 e. The first-order chi connectivity index (χ1) is 11.8. The number of imidazole rings is 1. The zero-order valence-corrected chi connectivity index (χ0v) is 14.3. The molecule has 0 aliphatic carbocycles. The van der Waals surface area contributed by atoms with E-state index in [0.717, 1.165) is 47.9 Å². The fourth-order valence-corrected chi connectivity index (χ4v) is 3.52. The molecule has 1 unspecified atom stereocenters. The summed E-state index contributed by atoms with van der Waals surface area (Å²) in [6, 6.07) is 16.9. The quantitative estimate of drug-likeness (QED) is 0.745.